The number of aromatic nitrogens is 1. The van der Waals surface area contributed by atoms with Gasteiger partial charge in [-0.3, -0.25) is 4.79 Å². The Labute approximate surface area is 115 Å². The van der Waals surface area contributed by atoms with Crippen LogP contribution in [0.15, 0.2) is 18.2 Å². The molecule has 2 atom stereocenters. The van der Waals surface area contributed by atoms with Crippen molar-refractivity contribution >= 4 is 21.8 Å². The van der Waals surface area contributed by atoms with Gasteiger partial charge in [0, 0.05) is 17.6 Å². The second-order valence-corrected chi connectivity index (χ2v) is 5.23. The fourth-order valence-corrected chi connectivity index (χ4v) is 2.39. The van der Waals surface area contributed by atoms with E-state index in [1.54, 1.807) is 6.07 Å². The quantitative estimate of drug-likeness (QED) is 0.785. The summed E-state index contributed by atoms with van der Waals surface area (Å²) in [5.74, 6) is -0.0135. The number of carbonyl (C=O) groups is 1. The molecule has 1 aromatic heterocycles. The zero-order valence-electron chi connectivity index (χ0n) is 10.6. The Morgan fingerprint density at radius 2 is 2.39 bits per heavy atom. The van der Waals surface area contributed by atoms with E-state index in [2.05, 4.69) is 20.9 Å². The second-order valence-electron chi connectivity index (χ2n) is 4.58. The molecule has 0 bridgehead atoms. The van der Waals surface area contributed by atoms with Crippen molar-refractivity contribution in [3.63, 3.8) is 0 Å². The molecule has 1 fully saturated rings. The number of nitrogens with zero attached hydrogens (tertiary/aromatic N) is 2. The second kappa shape index (κ2) is 5.80. The number of hydrogen-bond acceptors (Lipinski definition) is 3. The highest BCUT2D eigenvalue weighted by Crippen LogP contribution is 2.16. The normalized spacial score (nSPS) is 24.1. The van der Waals surface area contributed by atoms with Gasteiger partial charge in [0.2, 0.25) is 0 Å². The minimum Gasteiger partial charge on any atom is -0.373 e. The van der Waals surface area contributed by atoms with Gasteiger partial charge >= 0.3 is 0 Å². The molecule has 0 radical (unpaired) electrons. The first-order valence-corrected chi connectivity index (χ1v) is 7.16. The molecule has 0 saturated carbocycles. The van der Waals surface area contributed by atoms with Gasteiger partial charge in [0.05, 0.1) is 18.8 Å². The molecule has 1 aliphatic heterocycles. The van der Waals surface area contributed by atoms with Crippen LogP contribution >= 0.6 is 15.9 Å². The predicted octanol–water partition coefficient (Wildman–Crippen LogP) is 2.01. The topological polar surface area (TPSA) is 42.4 Å². The Balaban J connectivity index is 2.16. The number of halogens is 1. The Kier molecular flexibility index (Phi) is 4.35. The van der Waals surface area contributed by atoms with E-state index in [0.717, 1.165) is 11.0 Å². The summed E-state index contributed by atoms with van der Waals surface area (Å²) in [6.07, 6.45) is 0.0648. The summed E-state index contributed by atoms with van der Waals surface area (Å²) < 4.78 is 5.62. The third kappa shape index (κ3) is 2.90. The number of rotatable bonds is 2. The van der Waals surface area contributed by atoms with Crippen LogP contribution in [0.25, 0.3) is 0 Å². The van der Waals surface area contributed by atoms with E-state index in [-0.39, 0.29) is 18.1 Å². The van der Waals surface area contributed by atoms with Gasteiger partial charge < -0.3 is 9.64 Å². The Morgan fingerprint density at radius 1 is 1.61 bits per heavy atom. The van der Waals surface area contributed by atoms with Gasteiger partial charge in [0.15, 0.2) is 0 Å². The molecule has 1 saturated heterocycles. The summed E-state index contributed by atoms with van der Waals surface area (Å²) in [5, 5.41) is 0.741. The number of pyridine rings is 1. The maximum absolute atomic E-state index is 12.4. The molecule has 2 heterocycles. The van der Waals surface area contributed by atoms with Crippen LogP contribution in [0.5, 0.6) is 0 Å². The van der Waals surface area contributed by atoms with Gasteiger partial charge in [0.25, 0.3) is 5.91 Å². The number of ether oxygens (including phenoxy) is 1. The molecule has 0 aromatic carbocycles. The molecule has 1 amide bonds. The average Bonchev–Trinajstić information content (AvgIpc) is 2.38. The average molecular weight is 313 g/mol. The van der Waals surface area contributed by atoms with Crippen molar-refractivity contribution in [2.75, 3.05) is 18.5 Å². The number of amides is 1. The highest BCUT2D eigenvalue weighted by Gasteiger charge is 2.30. The van der Waals surface area contributed by atoms with Gasteiger partial charge in [0.1, 0.15) is 5.69 Å². The maximum atomic E-state index is 12.4. The van der Waals surface area contributed by atoms with Crippen molar-refractivity contribution in [1.82, 2.24) is 9.88 Å². The molecular weight excluding hydrogens is 296 g/mol. The maximum Gasteiger partial charge on any atom is 0.272 e. The van der Waals surface area contributed by atoms with Crippen molar-refractivity contribution < 1.29 is 9.53 Å². The first-order valence-electron chi connectivity index (χ1n) is 6.04. The van der Waals surface area contributed by atoms with Crippen LogP contribution < -0.4 is 0 Å². The molecule has 1 aromatic rings. The lowest BCUT2D eigenvalue weighted by molar-refractivity contribution is -0.0363. The summed E-state index contributed by atoms with van der Waals surface area (Å²) in [5.41, 5.74) is 1.37. The van der Waals surface area contributed by atoms with Gasteiger partial charge in [-0.1, -0.05) is 22.0 Å². The highest BCUT2D eigenvalue weighted by atomic mass is 79.9. The standard InChI is InChI=1S/C13H17BrN2O2/c1-9-4-3-5-12(15-9)13(17)16-7-11(6-14)18-8-10(16)2/h3-5,10-11H,6-8H2,1-2H3. The predicted molar refractivity (Wildman–Crippen MR) is 73.0 cm³/mol. The van der Waals surface area contributed by atoms with E-state index in [0.29, 0.717) is 18.8 Å². The Morgan fingerprint density at radius 3 is 3.06 bits per heavy atom. The monoisotopic (exact) mass is 312 g/mol. The fourth-order valence-electron chi connectivity index (χ4n) is 2.00. The molecule has 0 N–H and O–H groups in total. The largest absolute Gasteiger partial charge is 0.373 e. The van der Waals surface area contributed by atoms with E-state index in [9.17, 15) is 4.79 Å². The molecule has 4 nitrogen and oxygen atoms in total. The van der Waals surface area contributed by atoms with Crippen LogP contribution in [0.2, 0.25) is 0 Å². The first kappa shape index (κ1) is 13.5. The third-order valence-electron chi connectivity index (χ3n) is 3.05. The van der Waals surface area contributed by atoms with Gasteiger partial charge in [-0.15, -0.1) is 0 Å². The zero-order valence-corrected chi connectivity index (χ0v) is 12.2. The lowest BCUT2D eigenvalue weighted by Gasteiger charge is -2.37. The first-order chi connectivity index (χ1) is 8.61. The van der Waals surface area contributed by atoms with E-state index in [4.69, 9.17) is 4.74 Å². The summed E-state index contributed by atoms with van der Waals surface area (Å²) in [4.78, 5) is 18.6. The van der Waals surface area contributed by atoms with Gasteiger partial charge in [-0.05, 0) is 26.0 Å². The molecule has 1 aliphatic rings. The van der Waals surface area contributed by atoms with Crippen molar-refractivity contribution in [3.8, 4) is 0 Å². The fraction of sp³-hybridized carbons (Fsp3) is 0.538. The molecule has 18 heavy (non-hydrogen) atoms. The van der Waals surface area contributed by atoms with E-state index >= 15 is 0 Å². The Bertz CT molecular complexity index is 439. The molecule has 2 rings (SSSR count). The number of aryl methyl sites for hydroxylation is 1. The zero-order chi connectivity index (χ0) is 13.1. The lowest BCUT2D eigenvalue weighted by atomic mass is 10.2. The third-order valence-corrected chi connectivity index (χ3v) is 3.77. The van der Waals surface area contributed by atoms with Crippen LogP contribution in [0.3, 0.4) is 0 Å². The molecule has 2 unspecified atom stereocenters. The Hall–Kier alpha value is -0.940. The molecule has 0 aliphatic carbocycles. The van der Waals surface area contributed by atoms with Crippen LogP contribution in [0, 0.1) is 6.92 Å². The van der Waals surface area contributed by atoms with Gasteiger partial charge in [-0.25, -0.2) is 4.98 Å². The van der Waals surface area contributed by atoms with Crippen LogP contribution in [-0.4, -0.2) is 46.4 Å². The van der Waals surface area contributed by atoms with Crippen molar-refractivity contribution in [2.24, 2.45) is 0 Å². The number of carbonyl (C=O) groups excluding carboxylic acids is 1. The summed E-state index contributed by atoms with van der Waals surface area (Å²) in [6, 6.07) is 5.61. The van der Waals surface area contributed by atoms with Crippen LogP contribution in [0.1, 0.15) is 23.1 Å². The smallest absolute Gasteiger partial charge is 0.272 e. The number of morpholine rings is 1. The number of alkyl halides is 1. The van der Waals surface area contributed by atoms with E-state index < -0.39 is 0 Å². The SMILES string of the molecule is Cc1cccc(C(=O)N2CC(CBr)OCC2C)n1. The molecule has 5 heteroatoms. The van der Waals surface area contributed by atoms with Crippen molar-refractivity contribution in [2.45, 2.75) is 26.0 Å². The number of hydrogen-bond donors (Lipinski definition) is 0. The molecule has 0 spiro atoms. The van der Waals surface area contributed by atoms with E-state index in [1.807, 2.05) is 30.9 Å². The van der Waals surface area contributed by atoms with Crippen LogP contribution in [-0.2, 0) is 4.74 Å². The summed E-state index contributed by atoms with van der Waals surface area (Å²) in [7, 11) is 0. The minimum absolute atomic E-state index is 0.0135. The van der Waals surface area contributed by atoms with Crippen molar-refractivity contribution in [1.29, 1.82) is 0 Å². The summed E-state index contributed by atoms with van der Waals surface area (Å²) in [6.45, 7) is 5.08. The molecule has 98 valence electrons. The van der Waals surface area contributed by atoms with Crippen LogP contribution in [0.4, 0.5) is 0 Å². The molecular formula is C13H17BrN2O2. The van der Waals surface area contributed by atoms with Gasteiger partial charge in [-0.2, -0.15) is 0 Å². The van der Waals surface area contributed by atoms with E-state index in [1.165, 1.54) is 0 Å². The highest BCUT2D eigenvalue weighted by molar-refractivity contribution is 9.09. The minimum atomic E-state index is -0.0135. The lowest BCUT2D eigenvalue weighted by Crippen LogP contribution is -2.51. The van der Waals surface area contributed by atoms with Crippen molar-refractivity contribution in [3.05, 3.63) is 29.6 Å². The summed E-state index contributed by atoms with van der Waals surface area (Å²) >= 11 is 3.40.